The summed E-state index contributed by atoms with van der Waals surface area (Å²) in [4.78, 5) is 10.8. The van der Waals surface area contributed by atoms with Gasteiger partial charge in [-0.05, 0) is 18.4 Å². The average Bonchev–Trinajstić information content (AvgIpc) is 3.11. The molecule has 2 aromatic rings. The highest BCUT2D eigenvalue weighted by Gasteiger charge is 2.30. The fraction of sp³-hybridized carbons (Fsp3) is 0.357. The lowest BCUT2D eigenvalue weighted by Gasteiger charge is -2.24. The van der Waals surface area contributed by atoms with Gasteiger partial charge in [-0.2, -0.15) is 5.10 Å². The zero-order chi connectivity index (χ0) is 15.5. The second kappa shape index (κ2) is 6.47. The van der Waals surface area contributed by atoms with Crippen LogP contribution < -0.4 is 10.6 Å². The number of anilines is 1. The number of methoxy groups -OCH3 is 1. The fourth-order valence-corrected chi connectivity index (χ4v) is 3.12. The Morgan fingerprint density at radius 3 is 3.14 bits per heavy atom. The lowest BCUT2D eigenvalue weighted by Crippen LogP contribution is -2.36. The predicted octanol–water partition coefficient (Wildman–Crippen LogP) is 1.49. The molecule has 3 heterocycles. The van der Waals surface area contributed by atoms with Crippen molar-refractivity contribution in [1.29, 1.82) is 0 Å². The van der Waals surface area contributed by atoms with Gasteiger partial charge in [0.25, 0.3) is 0 Å². The third-order valence-electron chi connectivity index (χ3n) is 3.38. The maximum absolute atomic E-state index is 6.21. The van der Waals surface area contributed by atoms with E-state index in [1.807, 2.05) is 23.3 Å². The molecule has 0 saturated heterocycles. The Morgan fingerprint density at radius 2 is 2.36 bits per heavy atom. The lowest BCUT2D eigenvalue weighted by atomic mass is 10.1. The van der Waals surface area contributed by atoms with Gasteiger partial charge in [0.15, 0.2) is 0 Å². The van der Waals surface area contributed by atoms with Gasteiger partial charge in [0.05, 0.1) is 18.5 Å². The number of thioether (sulfide) groups is 1. The van der Waals surface area contributed by atoms with Crippen LogP contribution in [-0.4, -0.2) is 39.4 Å². The first-order chi connectivity index (χ1) is 10.7. The molecule has 1 aliphatic rings. The number of hydrogen-bond acceptors (Lipinski definition) is 7. The quantitative estimate of drug-likeness (QED) is 0.862. The molecule has 3 rings (SSSR count). The summed E-state index contributed by atoms with van der Waals surface area (Å²) in [5.41, 5.74) is 9.84. The summed E-state index contributed by atoms with van der Waals surface area (Å²) >= 11 is 1.53. The van der Waals surface area contributed by atoms with Crippen molar-refractivity contribution >= 4 is 23.4 Å². The molecule has 0 fully saturated rings. The Labute approximate surface area is 133 Å². The molecule has 1 atom stereocenters. The lowest BCUT2D eigenvalue weighted by molar-refractivity contribution is 0.201. The number of aryl methyl sites for hydroxylation is 1. The SMILES string of the molecule is COCCc1[nH]ncc1C1=CSC(N)N1c1nccc(C)n1. The van der Waals surface area contributed by atoms with Crippen LogP contribution in [-0.2, 0) is 11.2 Å². The second-order valence-electron chi connectivity index (χ2n) is 4.90. The third kappa shape index (κ3) is 2.85. The number of aromatic nitrogens is 4. The average molecular weight is 318 g/mol. The summed E-state index contributed by atoms with van der Waals surface area (Å²) in [5.74, 6) is 0.600. The number of rotatable bonds is 5. The summed E-state index contributed by atoms with van der Waals surface area (Å²) in [7, 11) is 1.68. The number of hydrogen-bond donors (Lipinski definition) is 2. The van der Waals surface area contributed by atoms with Gasteiger partial charge in [0.2, 0.25) is 5.95 Å². The number of H-pyrrole nitrogens is 1. The highest BCUT2D eigenvalue weighted by molar-refractivity contribution is 8.03. The first-order valence-electron chi connectivity index (χ1n) is 6.92. The van der Waals surface area contributed by atoms with Crippen molar-refractivity contribution < 1.29 is 4.74 Å². The van der Waals surface area contributed by atoms with Crippen LogP contribution in [0.2, 0.25) is 0 Å². The Kier molecular flexibility index (Phi) is 4.41. The van der Waals surface area contributed by atoms with Crippen LogP contribution in [0.25, 0.3) is 5.70 Å². The molecular formula is C14H18N6OS. The van der Waals surface area contributed by atoms with E-state index in [4.69, 9.17) is 10.5 Å². The van der Waals surface area contributed by atoms with E-state index in [1.165, 1.54) is 11.8 Å². The van der Waals surface area contributed by atoms with Crippen molar-refractivity contribution in [2.75, 3.05) is 18.6 Å². The van der Waals surface area contributed by atoms with E-state index in [0.29, 0.717) is 12.6 Å². The molecule has 7 nitrogen and oxygen atoms in total. The molecule has 8 heteroatoms. The molecular weight excluding hydrogens is 300 g/mol. The van der Waals surface area contributed by atoms with Crippen LogP contribution >= 0.6 is 11.8 Å². The van der Waals surface area contributed by atoms with Gasteiger partial charge < -0.3 is 10.5 Å². The highest BCUT2D eigenvalue weighted by atomic mass is 32.2. The van der Waals surface area contributed by atoms with Crippen molar-refractivity contribution in [3.63, 3.8) is 0 Å². The van der Waals surface area contributed by atoms with Gasteiger partial charge in [-0.3, -0.25) is 10.00 Å². The van der Waals surface area contributed by atoms with E-state index >= 15 is 0 Å². The van der Waals surface area contributed by atoms with E-state index in [9.17, 15) is 0 Å². The molecule has 116 valence electrons. The highest BCUT2D eigenvalue weighted by Crippen LogP contribution is 2.37. The standard InChI is InChI=1S/C14H18N6OS/c1-9-3-5-16-14(18-9)20-12(8-22-13(20)15)10-7-17-19-11(10)4-6-21-2/h3,5,7-8,13H,4,6,15H2,1-2H3,(H,17,19). The molecule has 0 radical (unpaired) electrons. The maximum atomic E-state index is 6.21. The molecule has 0 spiro atoms. The van der Waals surface area contributed by atoms with E-state index in [-0.39, 0.29) is 5.50 Å². The topological polar surface area (TPSA) is 92.9 Å². The minimum Gasteiger partial charge on any atom is -0.384 e. The monoisotopic (exact) mass is 318 g/mol. The molecule has 2 aromatic heterocycles. The zero-order valence-electron chi connectivity index (χ0n) is 12.5. The molecule has 0 saturated carbocycles. The van der Waals surface area contributed by atoms with Gasteiger partial charge >= 0.3 is 0 Å². The Hall–Kier alpha value is -1.90. The second-order valence-corrected chi connectivity index (χ2v) is 5.89. The molecule has 0 amide bonds. The predicted molar refractivity (Wildman–Crippen MR) is 87.0 cm³/mol. The normalized spacial score (nSPS) is 17.9. The molecule has 3 N–H and O–H groups in total. The smallest absolute Gasteiger partial charge is 0.232 e. The first kappa shape index (κ1) is 15.0. The number of aromatic amines is 1. The summed E-state index contributed by atoms with van der Waals surface area (Å²) in [6.45, 7) is 2.56. The van der Waals surface area contributed by atoms with Gasteiger partial charge in [0, 0.05) is 36.7 Å². The van der Waals surface area contributed by atoms with Gasteiger partial charge in [-0.1, -0.05) is 11.8 Å². The number of ether oxygens (including phenoxy) is 1. The molecule has 1 unspecified atom stereocenters. The largest absolute Gasteiger partial charge is 0.384 e. The Balaban J connectivity index is 1.94. The fourth-order valence-electron chi connectivity index (χ4n) is 2.28. The van der Waals surface area contributed by atoms with Crippen LogP contribution in [0.5, 0.6) is 0 Å². The Morgan fingerprint density at radius 1 is 1.50 bits per heavy atom. The van der Waals surface area contributed by atoms with Gasteiger partial charge in [0.1, 0.15) is 5.50 Å². The number of nitrogens with zero attached hydrogens (tertiary/aromatic N) is 4. The third-order valence-corrected chi connectivity index (χ3v) is 4.23. The van der Waals surface area contributed by atoms with E-state index in [2.05, 4.69) is 20.2 Å². The molecule has 0 aromatic carbocycles. The minimum atomic E-state index is -0.248. The zero-order valence-corrected chi connectivity index (χ0v) is 13.3. The summed E-state index contributed by atoms with van der Waals surface area (Å²) < 4.78 is 5.15. The summed E-state index contributed by atoms with van der Waals surface area (Å²) in [6.07, 6.45) is 4.30. The van der Waals surface area contributed by atoms with Crippen LogP contribution in [0.4, 0.5) is 5.95 Å². The number of nitrogens with one attached hydrogen (secondary N) is 1. The molecule has 1 aliphatic heterocycles. The van der Waals surface area contributed by atoms with Crippen molar-refractivity contribution in [2.45, 2.75) is 18.8 Å². The molecule has 0 aliphatic carbocycles. The van der Waals surface area contributed by atoms with E-state index in [1.54, 1.807) is 19.5 Å². The Bertz CT molecular complexity index is 685. The van der Waals surface area contributed by atoms with Gasteiger partial charge in [-0.25, -0.2) is 9.97 Å². The molecule has 22 heavy (non-hydrogen) atoms. The van der Waals surface area contributed by atoms with Gasteiger partial charge in [-0.15, -0.1) is 0 Å². The van der Waals surface area contributed by atoms with Crippen LogP contribution in [0.1, 0.15) is 17.0 Å². The minimum absolute atomic E-state index is 0.248. The van der Waals surface area contributed by atoms with E-state index < -0.39 is 0 Å². The van der Waals surface area contributed by atoms with Crippen LogP contribution in [0, 0.1) is 6.92 Å². The van der Waals surface area contributed by atoms with Crippen molar-refractivity contribution in [1.82, 2.24) is 20.2 Å². The maximum Gasteiger partial charge on any atom is 0.232 e. The molecule has 0 bridgehead atoms. The first-order valence-corrected chi connectivity index (χ1v) is 7.86. The number of nitrogens with two attached hydrogens (primary N) is 1. The van der Waals surface area contributed by atoms with Crippen LogP contribution in [0.3, 0.4) is 0 Å². The van der Waals surface area contributed by atoms with E-state index in [0.717, 1.165) is 29.1 Å². The van der Waals surface area contributed by atoms with Crippen LogP contribution in [0.15, 0.2) is 23.9 Å². The van der Waals surface area contributed by atoms with Crippen molar-refractivity contribution in [3.8, 4) is 0 Å². The van der Waals surface area contributed by atoms with Crippen molar-refractivity contribution in [2.24, 2.45) is 5.73 Å². The summed E-state index contributed by atoms with van der Waals surface area (Å²) in [5, 5.41) is 9.20. The summed E-state index contributed by atoms with van der Waals surface area (Å²) in [6, 6.07) is 1.86. The van der Waals surface area contributed by atoms with Crippen molar-refractivity contribution in [3.05, 3.63) is 40.8 Å².